The van der Waals surface area contributed by atoms with Crippen molar-refractivity contribution in [1.82, 2.24) is 4.31 Å². The summed E-state index contributed by atoms with van der Waals surface area (Å²) in [4.78, 5) is 0.473. The highest BCUT2D eigenvalue weighted by atomic mass is 79.9. The van der Waals surface area contributed by atoms with Crippen molar-refractivity contribution in [2.24, 2.45) is 5.73 Å². The van der Waals surface area contributed by atoms with Crippen molar-refractivity contribution >= 4 is 66.3 Å². The van der Waals surface area contributed by atoms with Gasteiger partial charge in [-0.25, -0.2) is 8.42 Å². The highest BCUT2D eigenvalue weighted by Crippen LogP contribution is 2.37. The lowest BCUT2D eigenvalue weighted by atomic mass is 9.97. The molecule has 2 rings (SSSR count). The highest BCUT2D eigenvalue weighted by Gasteiger charge is 2.40. The number of sulfonamides is 1. The summed E-state index contributed by atoms with van der Waals surface area (Å²) in [6.45, 7) is 0.909. The highest BCUT2D eigenvalue weighted by molar-refractivity contribution is 9.11. The quantitative estimate of drug-likeness (QED) is 0.767. The molecule has 1 aromatic rings. The first-order valence-corrected chi connectivity index (χ1v) is 10.6. The minimum atomic E-state index is -3.40. The Morgan fingerprint density at radius 2 is 2.10 bits per heavy atom. The number of hydrogen-bond acceptors (Lipinski definition) is 5. The van der Waals surface area contributed by atoms with Crippen LogP contribution in [-0.2, 0) is 10.0 Å². The first-order chi connectivity index (χ1) is 9.32. The van der Waals surface area contributed by atoms with E-state index < -0.39 is 10.0 Å². The van der Waals surface area contributed by atoms with E-state index in [9.17, 15) is 8.42 Å². The molecule has 4 nitrogen and oxygen atoms in total. The van der Waals surface area contributed by atoms with Gasteiger partial charge in [-0.05, 0) is 47.2 Å². The zero-order chi connectivity index (χ0) is 15.0. The molecule has 0 bridgehead atoms. The van der Waals surface area contributed by atoms with Crippen LogP contribution >= 0.6 is 51.2 Å². The van der Waals surface area contributed by atoms with Crippen molar-refractivity contribution in [1.29, 1.82) is 0 Å². The molecule has 0 radical (unpaired) electrons. The normalized spacial score (nSPS) is 19.9. The molecule has 0 spiro atoms. The molecule has 1 aromatic heterocycles. The number of rotatable bonds is 4. The van der Waals surface area contributed by atoms with Gasteiger partial charge in [-0.15, -0.1) is 11.3 Å². The van der Waals surface area contributed by atoms with Crippen LogP contribution in [-0.4, -0.2) is 41.8 Å². The van der Waals surface area contributed by atoms with E-state index in [4.69, 9.17) is 18.0 Å². The van der Waals surface area contributed by atoms with Crippen LogP contribution in [0.5, 0.6) is 0 Å². The van der Waals surface area contributed by atoms with Crippen LogP contribution in [0.3, 0.4) is 0 Å². The Hall–Kier alpha value is 0.330. The minimum Gasteiger partial charge on any atom is -0.392 e. The van der Waals surface area contributed by atoms with Crippen molar-refractivity contribution in [2.75, 3.05) is 19.3 Å². The number of thiophene rings is 1. The molecule has 0 atom stereocenters. The van der Waals surface area contributed by atoms with Gasteiger partial charge in [-0.1, -0.05) is 12.2 Å². The first-order valence-electron chi connectivity index (χ1n) is 5.92. The summed E-state index contributed by atoms with van der Waals surface area (Å²) in [6, 6.07) is 3.39. The number of hydrogen-bond donors (Lipinski definition) is 1. The SMILES string of the molecule is CSC1(C(N)=S)CCN(S(=O)(=O)c2ccc(Br)s2)CC1. The molecule has 0 aromatic carbocycles. The molecule has 20 heavy (non-hydrogen) atoms. The van der Waals surface area contributed by atoms with Crippen molar-refractivity contribution in [3.63, 3.8) is 0 Å². The topological polar surface area (TPSA) is 63.4 Å². The Morgan fingerprint density at radius 1 is 1.50 bits per heavy atom. The van der Waals surface area contributed by atoms with Gasteiger partial charge >= 0.3 is 0 Å². The molecular formula is C11H15BrN2O2S4. The third-order valence-corrected chi connectivity index (χ3v) is 9.43. The Bertz CT molecular complexity index is 606. The van der Waals surface area contributed by atoms with Gasteiger partial charge in [-0.3, -0.25) is 0 Å². The molecule has 0 unspecified atom stereocenters. The Morgan fingerprint density at radius 3 is 2.50 bits per heavy atom. The predicted molar refractivity (Wildman–Crippen MR) is 93.0 cm³/mol. The lowest BCUT2D eigenvalue weighted by Crippen LogP contribution is -2.50. The monoisotopic (exact) mass is 414 g/mol. The fourth-order valence-corrected chi connectivity index (χ4v) is 7.05. The summed E-state index contributed by atoms with van der Waals surface area (Å²) in [7, 11) is -3.40. The van der Waals surface area contributed by atoms with Gasteiger partial charge in [0, 0.05) is 13.1 Å². The van der Waals surface area contributed by atoms with E-state index in [1.165, 1.54) is 15.6 Å². The van der Waals surface area contributed by atoms with E-state index in [1.807, 2.05) is 6.26 Å². The summed E-state index contributed by atoms with van der Waals surface area (Å²) >= 11 is 11.3. The molecule has 0 amide bonds. The first kappa shape index (κ1) is 16.7. The molecule has 1 aliphatic heterocycles. The predicted octanol–water partition coefficient (Wildman–Crippen LogP) is 2.68. The summed E-state index contributed by atoms with van der Waals surface area (Å²) in [6.07, 6.45) is 3.30. The summed E-state index contributed by atoms with van der Waals surface area (Å²) < 4.78 is 27.5. The number of nitrogens with zero attached hydrogens (tertiary/aromatic N) is 1. The summed E-state index contributed by atoms with van der Waals surface area (Å²) in [5.74, 6) is 0. The number of thioether (sulfide) groups is 1. The molecular weight excluding hydrogens is 400 g/mol. The Labute approximate surface area is 141 Å². The van der Waals surface area contributed by atoms with Crippen molar-refractivity contribution in [2.45, 2.75) is 21.8 Å². The Balaban J connectivity index is 2.16. The molecule has 0 saturated carbocycles. The van der Waals surface area contributed by atoms with Gasteiger partial charge < -0.3 is 5.73 Å². The molecule has 1 fully saturated rings. The minimum absolute atomic E-state index is 0.266. The fraction of sp³-hybridized carbons (Fsp3) is 0.545. The van der Waals surface area contributed by atoms with Crippen LogP contribution in [0.1, 0.15) is 12.8 Å². The maximum absolute atomic E-state index is 12.5. The van der Waals surface area contributed by atoms with Crippen molar-refractivity contribution < 1.29 is 8.42 Å². The van der Waals surface area contributed by atoms with E-state index in [2.05, 4.69) is 15.9 Å². The fourth-order valence-electron chi connectivity index (χ4n) is 2.20. The van der Waals surface area contributed by atoms with Crippen LogP contribution in [0, 0.1) is 0 Å². The zero-order valence-electron chi connectivity index (χ0n) is 10.8. The average Bonchev–Trinajstić information content (AvgIpc) is 2.86. The second-order valence-corrected chi connectivity index (χ2v) is 10.8. The number of thiocarbonyl (C=S) groups is 1. The third-order valence-electron chi connectivity index (χ3n) is 3.51. The van der Waals surface area contributed by atoms with E-state index in [1.54, 1.807) is 23.9 Å². The molecule has 1 aliphatic rings. The van der Waals surface area contributed by atoms with Crippen LogP contribution in [0.4, 0.5) is 0 Å². The molecule has 2 N–H and O–H groups in total. The maximum atomic E-state index is 12.5. The van der Waals surface area contributed by atoms with Gasteiger partial charge in [0.25, 0.3) is 10.0 Å². The van der Waals surface area contributed by atoms with E-state index in [-0.39, 0.29) is 4.75 Å². The average molecular weight is 415 g/mol. The molecule has 1 saturated heterocycles. The largest absolute Gasteiger partial charge is 0.392 e. The van der Waals surface area contributed by atoms with Gasteiger partial charge in [-0.2, -0.15) is 16.1 Å². The van der Waals surface area contributed by atoms with Crippen LogP contribution in [0.15, 0.2) is 20.1 Å². The maximum Gasteiger partial charge on any atom is 0.252 e. The molecule has 9 heteroatoms. The lowest BCUT2D eigenvalue weighted by Gasteiger charge is -2.39. The number of piperidine rings is 1. The van der Waals surface area contributed by atoms with Gasteiger partial charge in [0.15, 0.2) is 0 Å². The number of halogens is 1. The third kappa shape index (κ3) is 3.07. The Kier molecular flexibility index (Phi) is 5.19. The van der Waals surface area contributed by atoms with Crippen LogP contribution in [0.2, 0.25) is 0 Å². The summed E-state index contributed by atoms with van der Waals surface area (Å²) in [5.41, 5.74) is 5.82. The zero-order valence-corrected chi connectivity index (χ0v) is 15.7. The van der Waals surface area contributed by atoms with Crippen LogP contribution < -0.4 is 5.73 Å². The van der Waals surface area contributed by atoms with Gasteiger partial charge in [0.1, 0.15) is 4.21 Å². The molecule has 2 heterocycles. The molecule has 112 valence electrons. The van der Waals surface area contributed by atoms with Crippen LogP contribution in [0.25, 0.3) is 0 Å². The second-order valence-electron chi connectivity index (χ2n) is 4.53. The van der Waals surface area contributed by atoms with E-state index >= 15 is 0 Å². The summed E-state index contributed by atoms with van der Waals surface area (Å²) in [5, 5.41) is 0. The van der Waals surface area contributed by atoms with Crippen molar-refractivity contribution in [3.8, 4) is 0 Å². The smallest absolute Gasteiger partial charge is 0.252 e. The van der Waals surface area contributed by atoms with Gasteiger partial charge in [0.2, 0.25) is 0 Å². The van der Waals surface area contributed by atoms with E-state index in [0.29, 0.717) is 35.1 Å². The van der Waals surface area contributed by atoms with Crippen molar-refractivity contribution in [3.05, 3.63) is 15.9 Å². The lowest BCUT2D eigenvalue weighted by molar-refractivity contribution is 0.333. The molecule has 0 aliphatic carbocycles. The number of nitrogens with two attached hydrogens (primary N) is 1. The van der Waals surface area contributed by atoms with Gasteiger partial charge in [0.05, 0.1) is 13.5 Å². The second kappa shape index (κ2) is 6.21. The van der Waals surface area contributed by atoms with E-state index in [0.717, 1.165) is 3.79 Å². The standard InChI is InChI=1S/C11H15BrN2O2S4/c1-18-11(10(13)17)4-6-14(7-5-11)20(15,16)9-3-2-8(12)19-9/h2-3H,4-7H2,1H3,(H2,13,17).